The normalized spacial score (nSPS) is 10.8. The molecule has 0 aliphatic rings. The maximum absolute atomic E-state index is 14.3. The molecule has 0 saturated heterocycles. The van der Waals surface area contributed by atoms with Crippen LogP contribution >= 0.6 is 0 Å². The number of nitrogens with one attached hydrogen (secondary N) is 1. The lowest BCUT2D eigenvalue weighted by molar-refractivity contribution is 0.500. The number of anilines is 1. The predicted octanol–water partition coefficient (Wildman–Crippen LogP) is 3.94. The highest BCUT2D eigenvalue weighted by atomic mass is 19.1. The van der Waals surface area contributed by atoms with Crippen molar-refractivity contribution in [2.75, 3.05) is 18.0 Å². The van der Waals surface area contributed by atoms with Gasteiger partial charge in [0, 0.05) is 13.1 Å². The van der Waals surface area contributed by atoms with E-state index in [4.69, 9.17) is 4.42 Å². The summed E-state index contributed by atoms with van der Waals surface area (Å²) in [6.07, 6.45) is 2.71. The van der Waals surface area contributed by atoms with Crippen molar-refractivity contribution >= 4 is 5.69 Å². The summed E-state index contributed by atoms with van der Waals surface area (Å²) >= 11 is 0. The van der Waals surface area contributed by atoms with Crippen molar-refractivity contribution in [3.8, 4) is 0 Å². The zero-order valence-corrected chi connectivity index (χ0v) is 12.7. The summed E-state index contributed by atoms with van der Waals surface area (Å²) in [5, 5.41) is 3.34. The summed E-state index contributed by atoms with van der Waals surface area (Å²) < 4.78 is 19.7. The molecule has 21 heavy (non-hydrogen) atoms. The molecule has 0 spiro atoms. The number of furan rings is 1. The third kappa shape index (κ3) is 4.08. The van der Waals surface area contributed by atoms with Gasteiger partial charge in [-0.1, -0.05) is 19.1 Å². The van der Waals surface area contributed by atoms with Crippen molar-refractivity contribution < 1.29 is 8.81 Å². The molecule has 1 heterocycles. The zero-order chi connectivity index (χ0) is 15.1. The first-order valence-corrected chi connectivity index (χ1v) is 7.51. The van der Waals surface area contributed by atoms with E-state index in [1.165, 1.54) is 6.07 Å². The van der Waals surface area contributed by atoms with Crippen LogP contribution in [0.1, 0.15) is 31.6 Å². The largest absolute Gasteiger partial charge is 0.467 e. The van der Waals surface area contributed by atoms with Crippen LogP contribution in [0.25, 0.3) is 0 Å². The summed E-state index contributed by atoms with van der Waals surface area (Å²) in [5.74, 6) is 0.659. The molecule has 0 unspecified atom stereocenters. The number of rotatable bonds is 8. The van der Waals surface area contributed by atoms with Crippen LogP contribution in [-0.4, -0.2) is 13.1 Å². The van der Waals surface area contributed by atoms with Crippen molar-refractivity contribution in [2.45, 2.75) is 33.4 Å². The van der Waals surface area contributed by atoms with Crippen LogP contribution in [0.2, 0.25) is 0 Å². The highest BCUT2D eigenvalue weighted by Crippen LogP contribution is 2.26. The Balaban J connectivity index is 2.21. The number of benzene rings is 1. The first-order valence-electron chi connectivity index (χ1n) is 7.51. The van der Waals surface area contributed by atoms with Crippen molar-refractivity contribution in [3.63, 3.8) is 0 Å². The lowest BCUT2D eigenvalue weighted by Crippen LogP contribution is -2.26. The van der Waals surface area contributed by atoms with Crippen molar-refractivity contribution in [1.82, 2.24) is 5.32 Å². The van der Waals surface area contributed by atoms with Gasteiger partial charge < -0.3 is 14.6 Å². The highest BCUT2D eigenvalue weighted by Gasteiger charge is 2.16. The SMILES string of the molecule is CCCNCc1cccc(F)c1N(CC)Cc1ccco1. The van der Waals surface area contributed by atoms with Gasteiger partial charge in [0.05, 0.1) is 18.5 Å². The number of hydrogen-bond donors (Lipinski definition) is 1. The maximum atomic E-state index is 14.3. The molecule has 1 aromatic heterocycles. The van der Waals surface area contributed by atoms with Gasteiger partial charge >= 0.3 is 0 Å². The first-order chi connectivity index (χ1) is 10.3. The van der Waals surface area contributed by atoms with E-state index in [1.54, 1.807) is 12.3 Å². The van der Waals surface area contributed by atoms with Gasteiger partial charge in [0.2, 0.25) is 0 Å². The van der Waals surface area contributed by atoms with Gasteiger partial charge in [0.15, 0.2) is 0 Å². The van der Waals surface area contributed by atoms with Crippen LogP contribution in [0.4, 0.5) is 10.1 Å². The Bertz CT molecular complexity index is 540. The molecule has 1 aromatic carbocycles. The molecular weight excluding hydrogens is 267 g/mol. The molecule has 0 aliphatic carbocycles. The summed E-state index contributed by atoms with van der Waals surface area (Å²) in [6, 6.07) is 9.03. The third-order valence-electron chi connectivity index (χ3n) is 3.44. The first kappa shape index (κ1) is 15.6. The monoisotopic (exact) mass is 290 g/mol. The average molecular weight is 290 g/mol. The van der Waals surface area contributed by atoms with Crippen LogP contribution in [0.3, 0.4) is 0 Å². The number of nitrogens with zero attached hydrogens (tertiary/aromatic N) is 1. The van der Waals surface area contributed by atoms with Gasteiger partial charge in [0.1, 0.15) is 11.6 Å². The molecule has 2 aromatic rings. The van der Waals surface area contributed by atoms with Crippen LogP contribution < -0.4 is 10.2 Å². The summed E-state index contributed by atoms with van der Waals surface area (Å²) in [7, 11) is 0. The second-order valence-electron chi connectivity index (χ2n) is 5.02. The van der Waals surface area contributed by atoms with E-state index in [0.717, 1.165) is 30.8 Å². The van der Waals surface area contributed by atoms with Gasteiger partial charge in [-0.25, -0.2) is 4.39 Å². The van der Waals surface area contributed by atoms with Crippen LogP contribution in [-0.2, 0) is 13.1 Å². The summed E-state index contributed by atoms with van der Waals surface area (Å²) in [4.78, 5) is 2.01. The predicted molar refractivity (Wildman–Crippen MR) is 83.8 cm³/mol. The molecule has 2 rings (SSSR count). The van der Waals surface area contributed by atoms with E-state index in [0.29, 0.717) is 18.8 Å². The minimum atomic E-state index is -0.181. The van der Waals surface area contributed by atoms with Crippen LogP contribution in [0.15, 0.2) is 41.0 Å². The Labute approximate surface area is 125 Å². The van der Waals surface area contributed by atoms with Crippen LogP contribution in [0, 0.1) is 5.82 Å². The minimum Gasteiger partial charge on any atom is -0.467 e. The number of para-hydroxylation sites is 1. The van der Waals surface area contributed by atoms with Crippen molar-refractivity contribution in [2.24, 2.45) is 0 Å². The Kier molecular flexibility index (Phi) is 5.81. The Morgan fingerprint density at radius 2 is 2.05 bits per heavy atom. The number of halogens is 1. The maximum Gasteiger partial charge on any atom is 0.146 e. The van der Waals surface area contributed by atoms with E-state index in [9.17, 15) is 4.39 Å². The van der Waals surface area contributed by atoms with Gasteiger partial charge in [-0.2, -0.15) is 0 Å². The Morgan fingerprint density at radius 1 is 1.19 bits per heavy atom. The summed E-state index contributed by atoms with van der Waals surface area (Å²) in [6.45, 7) is 7.05. The van der Waals surface area contributed by atoms with Crippen LogP contribution in [0.5, 0.6) is 0 Å². The molecule has 0 fully saturated rings. The van der Waals surface area contributed by atoms with Gasteiger partial charge in [-0.15, -0.1) is 0 Å². The smallest absolute Gasteiger partial charge is 0.146 e. The van der Waals surface area contributed by atoms with Gasteiger partial charge in [-0.3, -0.25) is 0 Å². The zero-order valence-electron chi connectivity index (χ0n) is 12.7. The molecule has 0 saturated carbocycles. The molecule has 0 bridgehead atoms. The molecule has 0 aliphatic heterocycles. The topological polar surface area (TPSA) is 28.4 Å². The highest BCUT2D eigenvalue weighted by molar-refractivity contribution is 5.55. The minimum absolute atomic E-state index is 0.181. The number of hydrogen-bond acceptors (Lipinski definition) is 3. The van der Waals surface area contributed by atoms with Crippen molar-refractivity contribution in [3.05, 3.63) is 53.7 Å². The Morgan fingerprint density at radius 3 is 2.71 bits per heavy atom. The molecule has 1 N–H and O–H groups in total. The fourth-order valence-electron chi connectivity index (χ4n) is 2.40. The summed E-state index contributed by atoms with van der Waals surface area (Å²) in [5.41, 5.74) is 1.65. The van der Waals surface area contributed by atoms with E-state index in [1.807, 2.05) is 30.0 Å². The quantitative estimate of drug-likeness (QED) is 0.746. The lowest BCUT2D eigenvalue weighted by Gasteiger charge is -2.25. The van der Waals surface area contributed by atoms with E-state index < -0.39 is 0 Å². The molecule has 4 heteroatoms. The standard InChI is InChI=1S/C17H23FN2O/c1-3-10-19-12-14-7-5-9-16(18)17(14)20(4-2)13-15-8-6-11-21-15/h5-9,11,19H,3-4,10,12-13H2,1-2H3. The van der Waals surface area contributed by atoms with Gasteiger partial charge in [0.25, 0.3) is 0 Å². The molecule has 114 valence electrons. The second kappa shape index (κ2) is 7.84. The molecule has 0 atom stereocenters. The van der Waals surface area contributed by atoms with Gasteiger partial charge in [-0.05, 0) is 43.7 Å². The van der Waals surface area contributed by atoms with E-state index in [2.05, 4.69) is 12.2 Å². The molecule has 3 nitrogen and oxygen atoms in total. The fourth-order valence-corrected chi connectivity index (χ4v) is 2.40. The fraction of sp³-hybridized carbons (Fsp3) is 0.412. The molecule has 0 amide bonds. The van der Waals surface area contributed by atoms with Crippen molar-refractivity contribution in [1.29, 1.82) is 0 Å². The molecule has 0 radical (unpaired) electrons. The molecular formula is C17H23FN2O. The Hall–Kier alpha value is -1.81. The second-order valence-corrected chi connectivity index (χ2v) is 5.02. The lowest BCUT2D eigenvalue weighted by atomic mass is 10.1. The average Bonchev–Trinajstić information content (AvgIpc) is 2.99. The van der Waals surface area contributed by atoms with E-state index in [-0.39, 0.29) is 5.82 Å². The van der Waals surface area contributed by atoms with E-state index >= 15 is 0 Å². The third-order valence-corrected chi connectivity index (χ3v) is 3.44.